The SMILES string of the molecule is C=C(C1=C[C@H](OC)C(OC)C(OC)CC1)c1ccc(OC)c(CO)c1C. The standard InChI is InChI=1S/C21H30O5/c1-13(16-8-10-18(23-3)17(12-22)14(16)2)15-7-9-19(24-4)21(26-6)20(11-15)25-5/h8,10-11,19-22H,1,7,9,12H2,2-6H3/t19?,20-,21?/m0/s1. The summed E-state index contributed by atoms with van der Waals surface area (Å²) in [4.78, 5) is 0. The molecule has 1 aromatic carbocycles. The Morgan fingerprint density at radius 2 is 1.88 bits per heavy atom. The third-order valence-electron chi connectivity index (χ3n) is 5.25. The normalized spacial score (nSPS) is 23.3. The van der Waals surface area contributed by atoms with Gasteiger partial charge in [-0.3, -0.25) is 0 Å². The van der Waals surface area contributed by atoms with Gasteiger partial charge in [-0.05, 0) is 54.2 Å². The molecule has 0 saturated heterocycles. The molecule has 1 N–H and O–H groups in total. The lowest BCUT2D eigenvalue weighted by molar-refractivity contribution is -0.0911. The minimum absolute atomic E-state index is 0.0449. The molecule has 1 aromatic rings. The van der Waals surface area contributed by atoms with Gasteiger partial charge in [0.15, 0.2) is 0 Å². The molecule has 3 atom stereocenters. The van der Waals surface area contributed by atoms with Gasteiger partial charge < -0.3 is 24.1 Å². The molecule has 0 aliphatic heterocycles. The van der Waals surface area contributed by atoms with Gasteiger partial charge in [0, 0.05) is 26.9 Å². The lowest BCUT2D eigenvalue weighted by Crippen LogP contribution is -2.39. The summed E-state index contributed by atoms with van der Waals surface area (Å²) in [5, 5.41) is 9.73. The maximum Gasteiger partial charge on any atom is 0.124 e. The molecule has 26 heavy (non-hydrogen) atoms. The van der Waals surface area contributed by atoms with E-state index in [4.69, 9.17) is 18.9 Å². The van der Waals surface area contributed by atoms with Crippen LogP contribution in [0.2, 0.25) is 0 Å². The van der Waals surface area contributed by atoms with Gasteiger partial charge in [0.05, 0.1) is 19.8 Å². The predicted molar refractivity (Wildman–Crippen MR) is 102 cm³/mol. The molecule has 5 heteroatoms. The van der Waals surface area contributed by atoms with E-state index in [1.54, 1.807) is 28.4 Å². The van der Waals surface area contributed by atoms with E-state index in [1.807, 2.05) is 19.1 Å². The number of allylic oxidation sites excluding steroid dienone is 2. The maximum absolute atomic E-state index is 9.73. The van der Waals surface area contributed by atoms with Gasteiger partial charge in [0.1, 0.15) is 18.0 Å². The molecule has 0 amide bonds. The van der Waals surface area contributed by atoms with E-state index in [9.17, 15) is 5.11 Å². The van der Waals surface area contributed by atoms with Gasteiger partial charge >= 0.3 is 0 Å². The predicted octanol–water partition coefficient (Wildman–Crippen LogP) is 3.27. The quantitative estimate of drug-likeness (QED) is 0.807. The fourth-order valence-electron chi connectivity index (χ4n) is 3.66. The molecule has 0 aromatic heterocycles. The van der Waals surface area contributed by atoms with Gasteiger partial charge in [-0.2, -0.15) is 0 Å². The van der Waals surface area contributed by atoms with Crippen LogP contribution in [-0.2, 0) is 20.8 Å². The Morgan fingerprint density at radius 1 is 1.15 bits per heavy atom. The first kappa shape index (κ1) is 20.6. The largest absolute Gasteiger partial charge is 0.496 e. The van der Waals surface area contributed by atoms with Crippen LogP contribution in [0.3, 0.4) is 0 Å². The smallest absolute Gasteiger partial charge is 0.124 e. The lowest BCUT2D eigenvalue weighted by Gasteiger charge is -2.27. The van der Waals surface area contributed by atoms with Crippen LogP contribution in [-0.4, -0.2) is 51.9 Å². The van der Waals surface area contributed by atoms with Gasteiger partial charge in [0.2, 0.25) is 0 Å². The molecule has 0 bridgehead atoms. The number of methoxy groups -OCH3 is 4. The average Bonchev–Trinajstić information content (AvgIpc) is 2.85. The van der Waals surface area contributed by atoms with Crippen molar-refractivity contribution in [2.24, 2.45) is 0 Å². The van der Waals surface area contributed by atoms with E-state index in [1.165, 1.54) is 0 Å². The number of aliphatic hydroxyl groups excluding tert-OH is 1. The molecule has 2 unspecified atom stereocenters. The third kappa shape index (κ3) is 4.01. The number of benzene rings is 1. The lowest BCUT2D eigenvalue weighted by atomic mass is 9.90. The summed E-state index contributed by atoms with van der Waals surface area (Å²) in [5.74, 6) is 0.685. The molecule has 5 nitrogen and oxygen atoms in total. The Morgan fingerprint density at radius 3 is 2.42 bits per heavy atom. The van der Waals surface area contributed by atoms with Gasteiger partial charge in [-0.1, -0.05) is 12.6 Å². The van der Waals surface area contributed by atoms with Crippen molar-refractivity contribution >= 4 is 5.57 Å². The van der Waals surface area contributed by atoms with E-state index in [-0.39, 0.29) is 24.9 Å². The summed E-state index contributed by atoms with van der Waals surface area (Å²) in [5.41, 5.74) is 4.79. The van der Waals surface area contributed by atoms with E-state index in [0.717, 1.165) is 40.7 Å². The second kappa shape index (κ2) is 9.33. The molecule has 0 radical (unpaired) electrons. The van der Waals surface area contributed by atoms with E-state index >= 15 is 0 Å². The first-order chi connectivity index (χ1) is 12.5. The minimum Gasteiger partial charge on any atom is -0.496 e. The molecule has 2 rings (SSSR count). The zero-order valence-electron chi connectivity index (χ0n) is 16.4. The molecular weight excluding hydrogens is 332 g/mol. The van der Waals surface area contributed by atoms with Crippen LogP contribution in [0.5, 0.6) is 5.75 Å². The fraction of sp³-hybridized carbons (Fsp3) is 0.524. The Hall–Kier alpha value is -1.66. The second-order valence-corrected chi connectivity index (χ2v) is 6.46. The zero-order chi connectivity index (χ0) is 19.3. The highest BCUT2D eigenvalue weighted by molar-refractivity contribution is 5.80. The zero-order valence-corrected chi connectivity index (χ0v) is 16.4. The van der Waals surface area contributed by atoms with Crippen LogP contribution >= 0.6 is 0 Å². The van der Waals surface area contributed by atoms with Crippen LogP contribution in [0.15, 0.2) is 30.4 Å². The summed E-state index contributed by atoms with van der Waals surface area (Å²) in [7, 11) is 6.66. The molecule has 1 aliphatic carbocycles. The van der Waals surface area contributed by atoms with Crippen molar-refractivity contribution in [3.05, 3.63) is 47.1 Å². The molecule has 0 spiro atoms. The third-order valence-corrected chi connectivity index (χ3v) is 5.25. The average molecular weight is 362 g/mol. The highest BCUT2D eigenvalue weighted by atomic mass is 16.6. The summed E-state index contributed by atoms with van der Waals surface area (Å²) >= 11 is 0. The highest BCUT2D eigenvalue weighted by Crippen LogP contribution is 2.35. The maximum atomic E-state index is 9.73. The number of hydrogen-bond acceptors (Lipinski definition) is 5. The summed E-state index contributed by atoms with van der Waals surface area (Å²) in [6.07, 6.45) is 3.29. The van der Waals surface area contributed by atoms with Crippen LogP contribution in [0.1, 0.15) is 29.5 Å². The van der Waals surface area contributed by atoms with Crippen molar-refractivity contribution < 1.29 is 24.1 Å². The molecule has 0 saturated carbocycles. The molecule has 0 heterocycles. The van der Waals surface area contributed by atoms with Crippen LogP contribution in [0.25, 0.3) is 5.57 Å². The van der Waals surface area contributed by atoms with Crippen molar-refractivity contribution in [1.29, 1.82) is 0 Å². The summed E-state index contributed by atoms with van der Waals surface area (Å²) in [6.45, 7) is 6.23. The van der Waals surface area contributed by atoms with Gasteiger partial charge in [-0.25, -0.2) is 0 Å². The molecular formula is C21H30O5. The Kier molecular flexibility index (Phi) is 7.41. The molecule has 0 fully saturated rings. The van der Waals surface area contributed by atoms with Crippen molar-refractivity contribution in [3.8, 4) is 5.75 Å². The van der Waals surface area contributed by atoms with E-state index < -0.39 is 0 Å². The van der Waals surface area contributed by atoms with Crippen LogP contribution in [0.4, 0.5) is 0 Å². The van der Waals surface area contributed by atoms with E-state index in [2.05, 4.69) is 12.7 Å². The second-order valence-electron chi connectivity index (χ2n) is 6.46. The van der Waals surface area contributed by atoms with Crippen molar-refractivity contribution in [2.75, 3.05) is 28.4 Å². The minimum atomic E-state index is -0.213. The number of rotatable bonds is 7. The van der Waals surface area contributed by atoms with Crippen LogP contribution < -0.4 is 4.74 Å². The first-order valence-electron chi connectivity index (χ1n) is 8.78. The first-order valence-corrected chi connectivity index (χ1v) is 8.78. The van der Waals surface area contributed by atoms with Gasteiger partial charge in [-0.15, -0.1) is 0 Å². The topological polar surface area (TPSA) is 57.2 Å². The fourth-order valence-corrected chi connectivity index (χ4v) is 3.66. The summed E-state index contributed by atoms with van der Waals surface area (Å²) < 4.78 is 22.2. The van der Waals surface area contributed by atoms with Crippen molar-refractivity contribution in [3.63, 3.8) is 0 Å². The highest BCUT2D eigenvalue weighted by Gasteiger charge is 2.32. The molecule has 144 valence electrons. The van der Waals surface area contributed by atoms with Crippen molar-refractivity contribution in [1.82, 2.24) is 0 Å². The summed E-state index contributed by atoms with van der Waals surface area (Å²) in [6, 6.07) is 3.87. The number of hydrogen-bond donors (Lipinski definition) is 1. The molecule has 1 aliphatic rings. The Bertz CT molecular complexity index is 665. The van der Waals surface area contributed by atoms with Crippen molar-refractivity contribution in [2.45, 2.75) is 44.7 Å². The van der Waals surface area contributed by atoms with E-state index in [0.29, 0.717) is 5.75 Å². The van der Waals surface area contributed by atoms with Crippen LogP contribution in [0, 0.1) is 6.92 Å². The number of ether oxygens (including phenoxy) is 4. The number of aliphatic hydroxyl groups is 1. The Balaban J connectivity index is 2.41. The van der Waals surface area contributed by atoms with Gasteiger partial charge in [0.25, 0.3) is 0 Å². The Labute approximate surface area is 156 Å². The monoisotopic (exact) mass is 362 g/mol.